The number of fused-ring (bicyclic) bond motifs is 2. The van der Waals surface area contributed by atoms with Crippen LogP contribution >= 0.6 is 0 Å². The summed E-state index contributed by atoms with van der Waals surface area (Å²) in [5.41, 5.74) is 3.23. The zero-order chi connectivity index (χ0) is 17.2. The van der Waals surface area contributed by atoms with E-state index in [1.165, 1.54) is 23.3 Å². The van der Waals surface area contributed by atoms with Crippen LogP contribution in [0.15, 0.2) is 60.2 Å². The number of benzene rings is 2. The van der Waals surface area contributed by atoms with Crippen LogP contribution in [-0.2, 0) is 17.7 Å². The van der Waals surface area contributed by atoms with Crippen molar-refractivity contribution in [2.45, 2.75) is 31.5 Å². The Morgan fingerprint density at radius 1 is 0.960 bits per heavy atom. The third kappa shape index (κ3) is 3.80. The van der Waals surface area contributed by atoms with Crippen molar-refractivity contribution in [2.24, 2.45) is 0 Å². The molecule has 130 valence electrons. The van der Waals surface area contributed by atoms with E-state index in [9.17, 15) is 8.78 Å². The molecule has 0 amide bonds. The lowest BCUT2D eigenvalue weighted by Gasteiger charge is -2.45. The van der Waals surface area contributed by atoms with E-state index in [2.05, 4.69) is 35.2 Å². The number of hydrogen-bond acceptors (Lipinski definition) is 2. The molecule has 2 aliphatic rings. The molecule has 0 N–H and O–H groups in total. The van der Waals surface area contributed by atoms with Crippen molar-refractivity contribution < 1.29 is 13.5 Å². The van der Waals surface area contributed by atoms with Crippen molar-refractivity contribution in [3.05, 3.63) is 82.9 Å². The Balaban J connectivity index is 1.52. The molecule has 2 nitrogen and oxygen atoms in total. The van der Waals surface area contributed by atoms with Crippen molar-refractivity contribution in [3.8, 4) is 0 Å². The van der Waals surface area contributed by atoms with Gasteiger partial charge in [0.25, 0.3) is 0 Å². The van der Waals surface area contributed by atoms with E-state index < -0.39 is 11.6 Å². The van der Waals surface area contributed by atoms with E-state index in [0.717, 1.165) is 19.0 Å². The van der Waals surface area contributed by atoms with Gasteiger partial charge in [-0.15, -0.1) is 0 Å². The Labute approximate surface area is 146 Å². The van der Waals surface area contributed by atoms with Gasteiger partial charge in [-0.1, -0.05) is 42.0 Å². The first-order valence-electron chi connectivity index (χ1n) is 8.69. The van der Waals surface area contributed by atoms with E-state index >= 15 is 0 Å². The summed E-state index contributed by atoms with van der Waals surface area (Å²) in [6, 6.07) is 14.7. The zero-order valence-corrected chi connectivity index (χ0v) is 14.0. The molecule has 0 saturated carbocycles. The maximum absolute atomic E-state index is 13.4. The average molecular weight is 341 g/mol. The minimum atomic E-state index is -0.513. The molecule has 25 heavy (non-hydrogen) atoms. The second kappa shape index (κ2) is 7.06. The maximum Gasteiger partial charge on any atom is 0.126 e. The fourth-order valence-corrected chi connectivity index (χ4v) is 3.90. The lowest BCUT2D eigenvalue weighted by atomic mass is 9.90. The van der Waals surface area contributed by atoms with Gasteiger partial charge < -0.3 is 4.74 Å². The first-order chi connectivity index (χ1) is 12.2. The minimum Gasteiger partial charge on any atom is -0.378 e. The molecule has 4 rings (SSSR count). The largest absolute Gasteiger partial charge is 0.378 e. The molecule has 1 fully saturated rings. The van der Waals surface area contributed by atoms with Crippen LogP contribution in [0.1, 0.15) is 17.5 Å². The molecule has 2 atom stereocenters. The predicted octanol–water partition coefficient (Wildman–Crippen LogP) is 4.11. The van der Waals surface area contributed by atoms with Crippen LogP contribution < -0.4 is 0 Å². The molecular formula is C21H21F2NO. The van der Waals surface area contributed by atoms with Crippen molar-refractivity contribution in [1.82, 2.24) is 4.90 Å². The van der Waals surface area contributed by atoms with Crippen molar-refractivity contribution >= 4 is 0 Å². The summed E-state index contributed by atoms with van der Waals surface area (Å²) in [7, 11) is 0. The summed E-state index contributed by atoms with van der Waals surface area (Å²) >= 11 is 0. The topological polar surface area (TPSA) is 12.5 Å². The van der Waals surface area contributed by atoms with Gasteiger partial charge >= 0.3 is 0 Å². The van der Waals surface area contributed by atoms with E-state index in [0.29, 0.717) is 31.2 Å². The van der Waals surface area contributed by atoms with Crippen LogP contribution in [0.4, 0.5) is 8.78 Å². The second-order valence-electron chi connectivity index (χ2n) is 6.90. The Hall–Kier alpha value is -2.04. The monoisotopic (exact) mass is 341 g/mol. The first kappa shape index (κ1) is 16.4. The van der Waals surface area contributed by atoms with Gasteiger partial charge in [0.15, 0.2) is 0 Å². The maximum atomic E-state index is 13.4. The lowest BCUT2D eigenvalue weighted by Crippen LogP contribution is -2.53. The molecule has 2 bridgehead atoms. The van der Waals surface area contributed by atoms with Crippen molar-refractivity contribution in [2.75, 3.05) is 13.2 Å². The molecule has 0 radical (unpaired) electrons. The number of halogens is 2. The van der Waals surface area contributed by atoms with Gasteiger partial charge in [0, 0.05) is 18.7 Å². The third-order valence-corrected chi connectivity index (χ3v) is 4.98. The molecule has 4 heteroatoms. The van der Waals surface area contributed by atoms with Gasteiger partial charge in [0.05, 0.1) is 19.3 Å². The van der Waals surface area contributed by atoms with Crippen LogP contribution in [0.2, 0.25) is 0 Å². The number of ether oxygens (including phenoxy) is 1. The van der Waals surface area contributed by atoms with Crippen LogP contribution in [0.25, 0.3) is 0 Å². The molecule has 2 aromatic rings. The number of rotatable bonds is 4. The van der Waals surface area contributed by atoms with Crippen LogP contribution in [0.5, 0.6) is 0 Å². The van der Waals surface area contributed by atoms with Crippen molar-refractivity contribution in [3.63, 3.8) is 0 Å². The summed E-state index contributed by atoms with van der Waals surface area (Å²) in [6.45, 7) is 2.28. The summed E-state index contributed by atoms with van der Waals surface area (Å²) in [4.78, 5) is 2.48. The highest BCUT2D eigenvalue weighted by Gasteiger charge is 2.34. The molecule has 0 aliphatic carbocycles. The minimum absolute atomic E-state index is 0.223. The quantitative estimate of drug-likeness (QED) is 0.776. The molecule has 2 aromatic carbocycles. The SMILES string of the molecule is Fc1cc(F)cc(CC2=CC3COCC(C2)N3Cc2ccccc2)c1. The number of hydrogen-bond donors (Lipinski definition) is 0. The van der Waals surface area contributed by atoms with Gasteiger partial charge in [-0.3, -0.25) is 4.90 Å². The zero-order valence-electron chi connectivity index (χ0n) is 14.0. The van der Waals surface area contributed by atoms with Gasteiger partial charge in [0.1, 0.15) is 11.6 Å². The molecule has 2 unspecified atom stereocenters. The molecule has 0 spiro atoms. The fraction of sp³-hybridized carbons (Fsp3) is 0.333. The van der Waals surface area contributed by atoms with Crippen LogP contribution in [-0.4, -0.2) is 30.2 Å². The van der Waals surface area contributed by atoms with Crippen molar-refractivity contribution in [1.29, 1.82) is 0 Å². The van der Waals surface area contributed by atoms with Gasteiger partial charge in [-0.2, -0.15) is 0 Å². The van der Waals surface area contributed by atoms with E-state index in [1.54, 1.807) is 0 Å². The smallest absolute Gasteiger partial charge is 0.126 e. The highest BCUT2D eigenvalue weighted by molar-refractivity contribution is 5.27. The van der Waals surface area contributed by atoms with Gasteiger partial charge in [0.2, 0.25) is 0 Å². The predicted molar refractivity (Wildman–Crippen MR) is 93.1 cm³/mol. The Morgan fingerprint density at radius 3 is 2.44 bits per heavy atom. The summed E-state index contributed by atoms with van der Waals surface area (Å²) in [5, 5.41) is 0. The van der Waals surface area contributed by atoms with E-state index in [1.807, 2.05) is 6.07 Å². The third-order valence-electron chi connectivity index (χ3n) is 4.98. The Kier molecular flexibility index (Phi) is 4.64. The Bertz CT molecular complexity index is 754. The fourth-order valence-electron chi connectivity index (χ4n) is 3.90. The lowest BCUT2D eigenvalue weighted by molar-refractivity contribution is -0.0440. The summed E-state index contributed by atoms with van der Waals surface area (Å²) in [6.07, 6.45) is 3.70. The van der Waals surface area contributed by atoms with Crippen LogP contribution in [0.3, 0.4) is 0 Å². The first-order valence-corrected chi connectivity index (χ1v) is 8.69. The normalized spacial score (nSPS) is 23.4. The van der Waals surface area contributed by atoms with E-state index in [-0.39, 0.29) is 6.04 Å². The van der Waals surface area contributed by atoms with Gasteiger partial charge in [-0.05, 0) is 36.1 Å². The molecule has 2 heterocycles. The van der Waals surface area contributed by atoms with E-state index in [4.69, 9.17) is 4.74 Å². The summed E-state index contributed by atoms with van der Waals surface area (Å²) < 4.78 is 32.6. The van der Waals surface area contributed by atoms with Crippen LogP contribution in [0, 0.1) is 11.6 Å². The molecular weight excluding hydrogens is 320 g/mol. The molecule has 1 saturated heterocycles. The Morgan fingerprint density at radius 2 is 1.72 bits per heavy atom. The molecule has 0 aromatic heterocycles. The number of morpholine rings is 1. The second-order valence-corrected chi connectivity index (χ2v) is 6.90. The highest BCUT2D eigenvalue weighted by Crippen LogP contribution is 2.30. The standard InChI is InChI=1S/C21H21F2NO/c22-18-7-16(8-19(23)11-18)6-17-9-20-13-25-14-21(10-17)24(20)12-15-4-2-1-3-5-15/h1-5,7-9,11,20-21H,6,10,12-14H2. The van der Waals surface area contributed by atoms with Gasteiger partial charge in [-0.25, -0.2) is 8.78 Å². The molecule has 2 aliphatic heterocycles. The summed E-state index contributed by atoms with van der Waals surface area (Å²) in [5.74, 6) is -1.03. The number of nitrogens with zero attached hydrogens (tertiary/aromatic N) is 1. The average Bonchev–Trinajstić information content (AvgIpc) is 2.55. The highest BCUT2D eigenvalue weighted by atomic mass is 19.1.